The molecule has 38 valence electrons. The first kappa shape index (κ1) is 4.18. The molecule has 0 aliphatic rings. The molecule has 3 heteroatoms. The molecule has 0 aliphatic carbocycles. The van der Waals surface area contributed by atoms with Crippen LogP contribution in [0.5, 0.6) is 0 Å². The molecule has 0 saturated carbocycles. The minimum Gasteiger partial charge on any atom is -0.711 e. The Balaban J connectivity index is 3.12. The van der Waals surface area contributed by atoms with Crippen molar-refractivity contribution in [3.63, 3.8) is 0 Å². The molecule has 0 saturated heterocycles. The molecule has 0 radical (unpaired) electrons. The van der Waals surface area contributed by atoms with Crippen LogP contribution in [0.25, 0.3) is 0 Å². The molecule has 1 rings (SSSR count). The highest BCUT2D eigenvalue weighted by Crippen LogP contribution is 1.75. The lowest BCUT2D eigenvalue weighted by Gasteiger charge is -1.92. The van der Waals surface area contributed by atoms with E-state index in [1.165, 1.54) is 6.20 Å². The molecular weight excluding hydrogens is 92.1 g/mol. The van der Waals surface area contributed by atoms with Gasteiger partial charge in [0.25, 0.3) is 5.82 Å². The van der Waals surface area contributed by atoms with Crippen LogP contribution in [0, 0.1) is 12.1 Å². The fraction of sp³-hybridized carbons (Fsp3) is 0.250. The Hall–Kier alpha value is -0.990. The topological polar surface area (TPSA) is 42.7 Å². The average molecular weight is 98.1 g/mol. The molecule has 7 heavy (non-hydrogen) atoms. The summed E-state index contributed by atoms with van der Waals surface area (Å²) < 4.78 is 0.778. The predicted octanol–water partition coefficient (Wildman–Crippen LogP) is -0.0435. The van der Waals surface area contributed by atoms with Crippen molar-refractivity contribution in [1.82, 2.24) is 4.98 Å². The first-order chi connectivity index (χ1) is 3.30. The Bertz CT molecular complexity index is 142. The summed E-state index contributed by atoms with van der Waals surface area (Å²) in [6.07, 6.45) is 3.03. The Morgan fingerprint density at radius 1 is 1.86 bits per heavy atom. The number of H-pyrrole nitrogens is 1. The first-order valence-electron chi connectivity index (χ1n) is 2.04. The number of aryl methyl sites for hydroxylation is 1. The minimum atomic E-state index is 0.625. The summed E-state index contributed by atoms with van der Waals surface area (Å²) in [4.78, 5) is 2.72. The van der Waals surface area contributed by atoms with Crippen LogP contribution >= 0.6 is 0 Å². The number of aromatic amines is 1. The Morgan fingerprint density at radius 3 is 2.71 bits per heavy atom. The Labute approximate surface area is 41.2 Å². The molecular formula is C4H6N2O. The van der Waals surface area contributed by atoms with E-state index in [-0.39, 0.29) is 0 Å². The second-order valence-corrected chi connectivity index (χ2v) is 1.37. The normalized spacial score (nSPS) is 9.29. The minimum absolute atomic E-state index is 0.625. The number of nitrogens with one attached hydrogen (secondary N) is 1. The van der Waals surface area contributed by atoms with Crippen molar-refractivity contribution in [2.75, 3.05) is 0 Å². The van der Waals surface area contributed by atoms with Crippen molar-refractivity contribution in [2.24, 2.45) is 0 Å². The molecule has 0 amide bonds. The quantitative estimate of drug-likeness (QED) is 0.359. The van der Waals surface area contributed by atoms with Crippen LogP contribution in [0.15, 0.2) is 12.4 Å². The number of hydrogen-bond donors (Lipinski definition) is 1. The van der Waals surface area contributed by atoms with Gasteiger partial charge in [0.1, 0.15) is 12.4 Å². The standard InChI is InChI=1S/C4H6N2O/c1-4-5-2-3-6(4)7/h2-3,5H,1H3. The van der Waals surface area contributed by atoms with E-state index >= 15 is 0 Å². The van der Waals surface area contributed by atoms with Crippen LogP contribution in [0.2, 0.25) is 0 Å². The molecule has 0 bridgehead atoms. The zero-order valence-corrected chi connectivity index (χ0v) is 4.01. The maximum absolute atomic E-state index is 10.3. The van der Waals surface area contributed by atoms with Gasteiger partial charge in [-0.3, -0.25) is 0 Å². The van der Waals surface area contributed by atoms with E-state index in [1.54, 1.807) is 13.1 Å². The lowest BCUT2D eigenvalue weighted by Crippen LogP contribution is -2.25. The number of aromatic nitrogens is 2. The maximum atomic E-state index is 10.3. The predicted molar refractivity (Wildman–Crippen MR) is 24.5 cm³/mol. The molecule has 0 unspecified atom stereocenters. The van der Waals surface area contributed by atoms with Crippen LogP contribution < -0.4 is 4.73 Å². The van der Waals surface area contributed by atoms with Crippen LogP contribution in [0.1, 0.15) is 5.82 Å². The van der Waals surface area contributed by atoms with E-state index in [0.29, 0.717) is 5.82 Å². The summed E-state index contributed by atoms with van der Waals surface area (Å²) in [7, 11) is 0. The second kappa shape index (κ2) is 1.26. The maximum Gasteiger partial charge on any atom is 0.254 e. The van der Waals surface area contributed by atoms with Crippen LogP contribution in [-0.2, 0) is 0 Å². The van der Waals surface area contributed by atoms with Crippen LogP contribution in [0.4, 0.5) is 0 Å². The van der Waals surface area contributed by atoms with Gasteiger partial charge in [-0.2, -0.15) is 0 Å². The highest BCUT2D eigenvalue weighted by atomic mass is 16.5. The molecule has 0 atom stereocenters. The molecule has 0 aromatic carbocycles. The Kier molecular flexibility index (Phi) is 0.749. The van der Waals surface area contributed by atoms with E-state index in [2.05, 4.69) is 4.98 Å². The molecule has 3 nitrogen and oxygen atoms in total. The largest absolute Gasteiger partial charge is 0.711 e. The molecule has 1 aromatic rings. The van der Waals surface area contributed by atoms with Crippen molar-refractivity contribution in [3.8, 4) is 0 Å². The van der Waals surface area contributed by atoms with Gasteiger partial charge in [-0.15, -0.1) is 0 Å². The van der Waals surface area contributed by atoms with Crippen molar-refractivity contribution in [1.29, 1.82) is 0 Å². The van der Waals surface area contributed by atoms with Gasteiger partial charge in [0.05, 0.1) is 0 Å². The van der Waals surface area contributed by atoms with Gasteiger partial charge in [-0.05, 0) is 0 Å². The van der Waals surface area contributed by atoms with Gasteiger partial charge in [-0.1, -0.05) is 0 Å². The zero-order valence-electron chi connectivity index (χ0n) is 4.01. The van der Waals surface area contributed by atoms with Crippen LogP contribution in [-0.4, -0.2) is 4.98 Å². The fourth-order valence-electron chi connectivity index (χ4n) is 0.401. The van der Waals surface area contributed by atoms with E-state index in [1.807, 2.05) is 0 Å². The fourth-order valence-corrected chi connectivity index (χ4v) is 0.401. The van der Waals surface area contributed by atoms with Gasteiger partial charge in [0.2, 0.25) is 0 Å². The van der Waals surface area contributed by atoms with E-state index in [4.69, 9.17) is 0 Å². The molecule has 1 heterocycles. The van der Waals surface area contributed by atoms with Crippen molar-refractivity contribution < 1.29 is 4.73 Å². The molecule has 1 aromatic heterocycles. The van der Waals surface area contributed by atoms with Crippen molar-refractivity contribution >= 4 is 0 Å². The smallest absolute Gasteiger partial charge is 0.254 e. The van der Waals surface area contributed by atoms with Gasteiger partial charge >= 0.3 is 0 Å². The lowest BCUT2D eigenvalue weighted by atomic mass is 10.7. The summed E-state index contributed by atoms with van der Waals surface area (Å²) in [6.45, 7) is 1.72. The molecule has 1 N–H and O–H groups in total. The third kappa shape index (κ3) is 0.559. The summed E-state index contributed by atoms with van der Waals surface area (Å²) >= 11 is 0. The highest BCUT2D eigenvalue weighted by molar-refractivity contribution is 4.70. The summed E-state index contributed by atoms with van der Waals surface area (Å²) in [5.74, 6) is 0.625. The third-order valence-electron chi connectivity index (χ3n) is 0.833. The summed E-state index contributed by atoms with van der Waals surface area (Å²) in [6, 6.07) is 0. The van der Waals surface area contributed by atoms with E-state index < -0.39 is 0 Å². The summed E-state index contributed by atoms with van der Waals surface area (Å²) in [5.41, 5.74) is 0. The molecule has 0 fully saturated rings. The van der Waals surface area contributed by atoms with Gasteiger partial charge in [-0.25, -0.2) is 9.71 Å². The van der Waals surface area contributed by atoms with Crippen LogP contribution in [0.3, 0.4) is 0 Å². The van der Waals surface area contributed by atoms with E-state index in [0.717, 1.165) is 4.73 Å². The highest BCUT2D eigenvalue weighted by Gasteiger charge is 1.89. The average Bonchev–Trinajstić information content (AvgIpc) is 1.91. The van der Waals surface area contributed by atoms with Gasteiger partial charge in [0, 0.05) is 6.92 Å². The SMILES string of the molecule is Cc1[nH]cc[n+]1[O-]. The summed E-state index contributed by atoms with van der Waals surface area (Å²) in [5, 5.41) is 10.3. The zero-order chi connectivity index (χ0) is 5.28. The monoisotopic (exact) mass is 98.0 g/mol. The van der Waals surface area contributed by atoms with Gasteiger partial charge in [0.15, 0.2) is 0 Å². The number of hydrogen-bond acceptors (Lipinski definition) is 1. The first-order valence-corrected chi connectivity index (χ1v) is 2.04. The lowest BCUT2D eigenvalue weighted by molar-refractivity contribution is -0.610. The number of imidazole rings is 1. The van der Waals surface area contributed by atoms with Crippen molar-refractivity contribution in [3.05, 3.63) is 23.4 Å². The molecule has 0 aliphatic heterocycles. The number of rotatable bonds is 0. The second-order valence-electron chi connectivity index (χ2n) is 1.37. The Morgan fingerprint density at radius 2 is 2.57 bits per heavy atom. The van der Waals surface area contributed by atoms with E-state index in [9.17, 15) is 5.21 Å². The van der Waals surface area contributed by atoms with Gasteiger partial charge < -0.3 is 5.21 Å². The third-order valence-corrected chi connectivity index (χ3v) is 0.833. The number of nitrogens with zero attached hydrogens (tertiary/aromatic N) is 1. The van der Waals surface area contributed by atoms with Crippen molar-refractivity contribution in [2.45, 2.75) is 6.92 Å². The molecule has 0 spiro atoms.